The van der Waals surface area contributed by atoms with Crippen LogP contribution >= 0.6 is 0 Å². The highest BCUT2D eigenvalue weighted by Crippen LogP contribution is 2.07. The third kappa shape index (κ3) is 11.8. The zero-order chi connectivity index (χ0) is 26.6. The molecule has 4 atom stereocenters. The Morgan fingerprint density at radius 2 is 1.15 bits per heavy atom. The molecule has 0 bridgehead atoms. The molecule has 0 spiro atoms. The van der Waals surface area contributed by atoms with Gasteiger partial charge in [-0.25, -0.2) is 4.79 Å². The van der Waals surface area contributed by atoms with Gasteiger partial charge in [0.2, 0.25) is 29.5 Å². The molecule has 0 aromatic rings. The lowest BCUT2D eigenvalue weighted by Gasteiger charge is -2.25. The molecule has 15 heteroatoms. The first-order chi connectivity index (χ1) is 15.6. The van der Waals surface area contributed by atoms with Crippen LogP contribution in [0.3, 0.4) is 0 Å². The van der Waals surface area contributed by atoms with E-state index in [-0.39, 0.29) is 25.7 Å². The second-order valence-electron chi connectivity index (χ2n) is 7.91. The van der Waals surface area contributed by atoms with Crippen LogP contribution in [0.1, 0.15) is 46.0 Å². The van der Waals surface area contributed by atoms with Gasteiger partial charge in [0.05, 0.1) is 12.5 Å². The molecule has 0 fully saturated rings. The number of hydrogen-bond acceptors (Lipinski definition) is 8. The third-order valence-corrected chi connectivity index (χ3v) is 4.59. The highest BCUT2D eigenvalue weighted by Gasteiger charge is 2.31. The molecule has 0 aliphatic heterocycles. The van der Waals surface area contributed by atoms with E-state index in [2.05, 4.69) is 16.0 Å². The van der Waals surface area contributed by atoms with E-state index in [0.717, 1.165) is 0 Å². The number of nitrogens with two attached hydrogens (primary N) is 3. The fourth-order valence-electron chi connectivity index (χ4n) is 2.71. The van der Waals surface area contributed by atoms with Crippen molar-refractivity contribution >= 4 is 41.5 Å². The monoisotopic (exact) mass is 488 g/mol. The van der Waals surface area contributed by atoms with Gasteiger partial charge >= 0.3 is 11.9 Å². The van der Waals surface area contributed by atoms with Crippen molar-refractivity contribution in [3.8, 4) is 0 Å². The second kappa shape index (κ2) is 14.4. The van der Waals surface area contributed by atoms with Crippen LogP contribution < -0.4 is 33.2 Å². The summed E-state index contributed by atoms with van der Waals surface area (Å²) >= 11 is 0. The number of hydrogen-bond donors (Lipinski definition) is 8. The highest BCUT2D eigenvalue weighted by molar-refractivity contribution is 5.95. The normalized spacial score (nSPS) is 14.2. The fourth-order valence-corrected chi connectivity index (χ4v) is 2.71. The first-order valence-corrected chi connectivity index (χ1v) is 10.3. The van der Waals surface area contributed by atoms with E-state index in [0.29, 0.717) is 0 Å². The van der Waals surface area contributed by atoms with E-state index in [1.807, 2.05) is 0 Å². The molecule has 0 radical (unpaired) electrons. The van der Waals surface area contributed by atoms with Gasteiger partial charge in [0.1, 0.15) is 18.1 Å². The van der Waals surface area contributed by atoms with Crippen LogP contribution in [-0.4, -0.2) is 75.9 Å². The molecule has 0 aromatic heterocycles. The van der Waals surface area contributed by atoms with E-state index < -0.39 is 78.0 Å². The molecule has 34 heavy (non-hydrogen) atoms. The summed E-state index contributed by atoms with van der Waals surface area (Å²) in [5.74, 6) is -7.67. The number of carboxylic acids is 2. The molecule has 0 aromatic carbocycles. The van der Waals surface area contributed by atoms with Crippen LogP contribution in [0.4, 0.5) is 0 Å². The number of rotatable bonds is 16. The lowest BCUT2D eigenvalue weighted by atomic mass is 10.0. The highest BCUT2D eigenvalue weighted by atomic mass is 16.4. The number of carbonyl (C=O) groups is 7. The van der Waals surface area contributed by atoms with Crippen molar-refractivity contribution in [3.63, 3.8) is 0 Å². The van der Waals surface area contributed by atoms with Crippen LogP contribution in [0.25, 0.3) is 0 Å². The second-order valence-corrected chi connectivity index (χ2v) is 7.91. The summed E-state index contributed by atoms with van der Waals surface area (Å²) in [7, 11) is 0. The fraction of sp³-hybridized carbons (Fsp3) is 0.632. The van der Waals surface area contributed by atoms with Gasteiger partial charge in [-0.1, -0.05) is 13.8 Å². The Morgan fingerprint density at radius 1 is 0.735 bits per heavy atom. The Morgan fingerprint density at radius 3 is 1.50 bits per heavy atom. The van der Waals surface area contributed by atoms with Gasteiger partial charge in [-0.05, 0) is 18.8 Å². The van der Waals surface area contributed by atoms with Crippen molar-refractivity contribution < 1.29 is 43.8 Å². The molecule has 0 aliphatic carbocycles. The van der Waals surface area contributed by atoms with Crippen molar-refractivity contribution in [1.29, 1.82) is 0 Å². The zero-order valence-corrected chi connectivity index (χ0v) is 18.9. The average Bonchev–Trinajstić information content (AvgIpc) is 2.70. The average molecular weight is 488 g/mol. The Balaban J connectivity index is 5.64. The topological polar surface area (TPSA) is 274 Å². The maximum atomic E-state index is 12.8. The summed E-state index contributed by atoms with van der Waals surface area (Å²) in [5.41, 5.74) is 15.7. The number of aliphatic carboxylic acids is 2. The summed E-state index contributed by atoms with van der Waals surface area (Å²) in [6.45, 7) is 3.09. The molecular weight excluding hydrogens is 456 g/mol. The van der Waals surface area contributed by atoms with Crippen molar-refractivity contribution in [3.05, 3.63) is 0 Å². The van der Waals surface area contributed by atoms with Gasteiger partial charge in [-0.15, -0.1) is 0 Å². The SMILES string of the molecule is CC(C)C(NC(=O)C(CCC(N)=O)NC(=O)C(CCC(N)=O)NC(=O)C(N)CC(=O)O)C(=O)O. The molecule has 0 saturated heterocycles. The van der Waals surface area contributed by atoms with Gasteiger partial charge in [0, 0.05) is 12.8 Å². The maximum absolute atomic E-state index is 12.8. The van der Waals surface area contributed by atoms with Crippen molar-refractivity contribution in [2.24, 2.45) is 23.1 Å². The molecule has 0 heterocycles. The molecule has 5 amide bonds. The Kier molecular flexibility index (Phi) is 12.8. The molecule has 11 N–H and O–H groups in total. The quantitative estimate of drug-likeness (QED) is 0.106. The van der Waals surface area contributed by atoms with Crippen molar-refractivity contribution in [2.45, 2.75) is 70.1 Å². The number of primary amides is 2. The molecular formula is C19H32N6O9. The summed E-state index contributed by atoms with van der Waals surface area (Å²) in [6, 6.07) is -5.65. The van der Waals surface area contributed by atoms with E-state index in [9.17, 15) is 38.7 Å². The van der Waals surface area contributed by atoms with Crippen LogP contribution in [-0.2, 0) is 33.6 Å². The third-order valence-electron chi connectivity index (χ3n) is 4.59. The number of carboxylic acid groups (broad SMARTS) is 2. The molecule has 15 nitrogen and oxygen atoms in total. The molecule has 0 aliphatic rings. The smallest absolute Gasteiger partial charge is 0.326 e. The summed E-state index contributed by atoms with van der Waals surface area (Å²) < 4.78 is 0. The first kappa shape index (κ1) is 30.2. The first-order valence-electron chi connectivity index (χ1n) is 10.3. The molecule has 192 valence electrons. The zero-order valence-electron chi connectivity index (χ0n) is 18.9. The Bertz CT molecular complexity index is 801. The van der Waals surface area contributed by atoms with Gasteiger partial charge in [0.25, 0.3) is 0 Å². The summed E-state index contributed by atoms with van der Waals surface area (Å²) in [5, 5.41) is 24.8. The van der Waals surface area contributed by atoms with Gasteiger partial charge < -0.3 is 43.4 Å². The van der Waals surface area contributed by atoms with E-state index >= 15 is 0 Å². The molecule has 0 rings (SSSR count). The summed E-state index contributed by atoms with van der Waals surface area (Å²) in [6.07, 6.45) is -2.00. The predicted octanol–water partition coefficient (Wildman–Crippen LogP) is -3.49. The standard InChI is InChI=1S/C19H32N6O9/c1-8(2)15(19(33)34)25-18(32)11(4-6-13(22)27)24-17(31)10(3-5-12(21)26)23-16(30)9(20)7-14(28)29/h8-11,15H,3-7,20H2,1-2H3,(H2,21,26)(H2,22,27)(H,23,30)(H,24,31)(H,25,32)(H,28,29)(H,33,34). The van der Waals surface area contributed by atoms with E-state index in [1.54, 1.807) is 13.8 Å². The van der Waals surface area contributed by atoms with Crippen molar-refractivity contribution in [1.82, 2.24) is 16.0 Å². The van der Waals surface area contributed by atoms with Gasteiger partial charge in [-0.2, -0.15) is 0 Å². The van der Waals surface area contributed by atoms with Gasteiger partial charge in [-0.3, -0.25) is 28.8 Å². The summed E-state index contributed by atoms with van der Waals surface area (Å²) in [4.78, 5) is 82.1. The minimum Gasteiger partial charge on any atom is -0.481 e. The van der Waals surface area contributed by atoms with E-state index in [4.69, 9.17) is 22.3 Å². The van der Waals surface area contributed by atoms with Crippen molar-refractivity contribution in [2.75, 3.05) is 0 Å². The van der Waals surface area contributed by atoms with Crippen LogP contribution in [0.15, 0.2) is 0 Å². The maximum Gasteiger partial charge on any atom is 0.326 e. The van der Waals surface area contributed by atoms with E-state index in [1.165, 1.54) is 0 Å². The Labute approximate surface area is 195 Å². The minimum absolute atomic E-state index is 0.285. The van der Waals surface area contributed by atoms with Crippen LogP contribution in [0.5, 0.6) is 0 Å². The van der Waals surface area contributed by atoms with Crippen LogP contribution in [0, 0.1) is 5.92 Å². The lowest BCUT2D eigenvalue weighted by Crippen LogP contribution is -2.57. The molecule has 4 unspecified atom stereocenters. The number of carbonyl (C=O) groups excluding carboxylic acids is 5. The lowest BCUT2D eigenvalue weighted by molar-refractivity contribution is -0.143. The minimum atomic E-state index is -1.50. The number of nitrogens with one attached hydrogen (secondary N) is 3. The Hall–Kier alpha value is -3.75. The predicted molar refractivity (Wildman–Crippen MR) is 115 cm³/mol. The largest absolute Gasteiger partial charge is 0.481 e. The van der Waals surface area contributed by atoms with Crippen LogP contribution in [0.2, 0.25) is 0 Å². The number of amides is 5. The van der Waals surface area contributed by atoms with Gasteiger partial charge in [0.15, 0.2) is 0 Å². The molecule has 0 saturated carbocycles.